The van der Waals surface area contributed by atoms with Gasteiger partial charge in [0.1, 0.15) is 17.7 Å². The Balaban J connectivity index is 1.49. The Labute approximate surface area is 197 Å². The zero-order chi connectivity index (χ0) is 22.5. The zero-order valence-electron chi connectivity index (χ0n) is 18.3. The minimum Gasteiger partial charge on any atom is -0.485 e. The van der Waals surface area contributed by atoms with Crippen LogP contribution >= 0.6 is 22.9 Å². The van der Waals surface area contributed by atoms with Crippen LogP contribution in [0.3, 0.4) is 0 Å². The summed E-state index contributed by atoms with van der Waals surface area (Å²) < 4.78 is 6.28. The second kappa shape index (κ2) is 10.3. The van der Waals surface area contributed by atoms with Crippen molar-refractivity contribution in [1.29, 1.82) is 0 Å². The van der Waals surface area contributed by atoms with Crippen LogP contribution in [0, 0.1) is 0 Å². The molecule has 0 aliphatic carbocycles. The van der Waals surface area contributed by atoms with E-state index in [9.17, 15) is 4.79 Å². The van der Waals surface area contributed by atoms with E-state index in [-0.39, 0.29) is 12.0 Å². The Morgan fingerprint density at radius 2 is 2.12 bits per heavy atom. The monoisotopic (exact) mass is 470 g/mol. The molecule has 168 valence electrons. The van der Waals surface area contributed by atoms with Crippen LogP contribution < -0.4 is 15.0 Å². The normalized spacial score (nSPS) is 14.8. The second-order valence-electron chi connectivity index (χ2n) is 7.79. The van der Waals surface area contributed by atoms with Gasteiger partial charge in [0.2, 0.25) is 0 Å². The molecule has 0 spiro atoms. The Morgan fingerprint density at radius 3 is 2.88 bits per heavy atom. The number of nitrogens with zero attached hydrogens (tertiary/aromatic N) is 3. The number of rotatable bonds is 8. The lowest BCUT2D eigenvalue weighted by atomic mass is 10.1. The topological polar surface area (TPSA) is 57.7 Å². The average Bonchev–Trinajstić information content (AvgIpc) is 3.31. The summed E-state index contributed by atoms with van der Waals surface area (Å²) in [5.41, 5.74) is 1.51. The Morgan fingerprint density at radius 1 is 1.25 bits per heavy atom. The molecule has 1 amide bonds. The highest BCUT2D eigenvalue weighted by molar-refractivity contribution is 7.10. The first-order chi connectivity index (χ1) is 15.6. The first-order valence-corrected chi connectivity index (χ1v) is 11.9. The molecule has 4 rings (SSSR count). The van der Waals surface area contributed by atoms with Crippen LogP contribution in [0.5, 0.6) is 5.75 Å². The van der Waals surface area contributed by atoms with E-state index in [1.165, 1.54) is 4.88 Å². The summed E-state index contributed by atoms with van der Waals surface area (Å²) in [5.74, 6) is 1.42. The molecule has 3 aromatic rings. The van der Waals surface area contributed by atoms with Gasteiger partial charge in [0.05, 0.1) is 5.56 Å². The van der Waals surface area contributed by atoms with E-state index in [1.54, 1.807) is 23.6 Å². The lowest BCUT2D eigenvalue weighted by Gasteiger charge is -2.22. The summed E-state index contributed by atoms with van der Waals surface area (Å²) in [6.07, 6.45) is 2.55. The Bertz CT molecular complexity index is 1060. The van der Waals surface area contributed by atoms with Crippen LogP contribution in [-0.2, 0) is 6.54 Å². The van der Waals surface area contributed by atoms with Crippen molar-refractivity contribution in [2.75, 3.05) is 38.6 Å². The number of benzene rings is 1. The lowest BCUT2D eigenvalue weighted by molar-refractivity contribution is 0.0755. The molecular weight excluding hydrogens is 444 g/mol. The van der Waals surface area contributed by atoms with Gasteiger partial charge >= 0.3 is 0 Å². The number of carbonyl (C=O) groups is 1. The molecule has 1 N–H and O–H groups in total. The van der Waals surface area contributed by atoms with Crippen LogP contribution in [0.1, 0.15) is 33.3 Å². The van der Waals surface area contributed by atoms with Crippen LogP contribution in [0.25, 0.3) is 0 Å². The van der Waals surface area contributed by atoms with Gasteiger partial charge in [-0.2, -0.15) is 0 Å². The average molecular weight is 471 g/mol. The fraction of sp³-hybridized carbons (Fsp3) is 0.333. The number of likely N-dealkylation sites (N-methyl/N-ethyl adjacent to an activating group) is 1. The molecule has 32 heavy (non-hydrogen) atoms. The zero-order valence-corrected chi connectivity index (χ0v) is 19.8. The summed E-state index contributed by atoms with van der Waals surface area (Å²) >= 11 is 8.32. The van der Waals surface area contributed by atoms with Crippen molar-refractivity contribution >= 4 is 34.7 Å². The third-order valence-corrected chi connectivity index (χ3v) is 6.87. The number of ether oxygens (including phenoxy) is 1. The molecular formula is C24H27ClN4O2S. The number of aromatic nitrogens is 1. The quantitative estimate of drug-likeness (QED) is 0.520. The van der Waals surface area contributed by atoms with Crippen molar-refractivity contribution in [2.24, 2.45) is 0 Å². The number of carbonyl (C=O) groups excluding carboxylic acids is 1. The summed E-state index contributed by atoms with van der Waals surface area (Å²) in [5, 5.41) is 5.84. The van der Waals surface area contributed by atoms with Crippen molar-refractivity contribution in [2.45, 2.75) is 19.1 Å². The first-order valence-electron chi connectivity index (χ1n) is 10.7. The largest absolute Gasteiger partial charge is 0.485 e. The van der Waals surface area contributed by atoms with Gasteiger partial charge < -0.3 is 19.9 Å². The van der Waals surface area contributed by atoms with Crippen molar-refractivity contribution in [3.05, 3.63) is 75.1 Å². The highest BCUT2D eigenvalue weighted by atomic mass is 35.5. The van der Waals surface area contributed by atoms with E-state index >= 15 is 0 Å². The van der Waals surface area contributed by atoms with Gasteiger partial charge in [-0.3, -0.25) is 4.79 Å². The molecule has 3 heterocycles. The van der Waals surface area contributed by atoms with Crippen LogP contribution in [0.15, 0.2) is 54.0 Å². The lowest BCUT2D eigenvalue weighted by Crippen LogP contribution is -2.33. The molecule has 1 unspecified atom stereocenters. The van der Waals surface area contributed by atoms with E-state index in [1.807, 2.05) is 54.2 Å². The molecule has 1 aliphatic rings. The van der Waals surface area contributed by atoms with Gasteiger partial charge in [0.15, 0.2) is 0 Å². The number of halogens is 1. The fourth-order valence-corrected chi connectivity index (χ4v) is 4.80. The van der Waals surface area contributed by atoms with Gasteiger partial charge in [-0.25, -0.2) is 4.98 Å². The van der Waals surface area contributed by atoms with Crippen molar-refractivity contribution < 1.29 is 9.53 Å². The van der Waals surface area contributed by atoms with E-state index in [0.717, 1.165) is 30.1 Å². The van der Waals surface area contributed by atoms with Crippen LogP contribution in [0.2, 0.25) is 5.02 Å². The molecule has 1 aromatic carbocycles. The second-order valence-corrected chi connectivity index (χ2v) is 9.18. The van der Waals surface area contributed by atoms with Crippen LogP contribution in [-0.4, -0.2) is 49.5 Å². The molecule has 1 atom stereocenters. The standard InChI is InChI=1S/C24H27ClN4O2S/c1-26-11-9-21(22-6-4-14-32-22)31-18-8-7-17(20(25)15-18)16-29-13-12-28(2)23-19(24(29)30)5-3-10-27-23/h3-8,10,14-15,21,26H,9,11-13,16H2,1-2H3. The third-order valence-electron chi connectivity index (χ3n) is 5.55. The summed E-state index contributed by atoms with van der Waals surface area (Å²) in [6.45, 7) is 2.61. The van der Waals surface area contributed by atoms with E-state index in [4.69, 9.17) is 16.3 Å². The predicted molar refractivity (Wildman–Crippen MR) is 130 cm³/mol. The number of hydrogen-bond donors (Lipinski definition) is 1. The molecule has 6 nitrogen and oxygen atoms in total. The Hall–Kier alpha value is -2.61. The third kappa shape index (κ3) is 5.06. The number of anilines is 1. The predicted octanol–water partition coefficient (Wildman–Crippen LogP) is 4.62. The number of nitrogens with one attached hydrogen (secondary N) is 1. The first kappa shape index (κ1) is 22.6. The molecule has 0 radical (unpaired) electrons. The number of thiophene rings is 1. The number of pyridine rings is 1. The minimum atomic E-state index is -0.0314. The highest BCUT2D eigenvalue weighted by Crippen LogP contribution is 2.31. The SMILES string of the molecule is CNCCC(Oc1ccc(CN2CCN(C)c3ncccc3C2=O)c(Cl)c1)c1cccs1. The molecule has 0 fully saturated rings. The molecule has 0 saturated carbocycles. The van der Waals surface area contributed by atoms with E-state index in [2.05, 4.69) is 21.7 Å². The van der Waals surface area contributed by atoms with Gasteiger partial charge in [-0.1, -0.05) is 23.7 Å². The molecule has 0 bridgehead atoms. The van der Waals surface area contributed by atoms with Crippen molar-refractivity contribution in [3.8, 4) is 5.75 Å². The van der Waals surface area contributed by atoms with E-state index < -0.39 is 0 Å². The summed E-state index contributed by atoms with van der Waals surface area (Å²) in [6, 6.07) is 13.5. The molecule has 8 heteroatoms. The molecule has 2 aromatic heterocycles. The van der Waals surface area contributed by atoms with Gasteiger partial charge in [0, 0.05) is 49.2 Å². The van der Waals surface area contributed by atoms with Gasteiger partial charge in [0.25, 0.3) is 5.91 Å². The smallest absolute Gasteiger partial charge is 0.257 e. The van der Waals surface area contributed by atoms with Gasteiger partial charge in [-0.05, 0) is 54.9 Å². The molecule has 1 aliphatic heterocycles. The highest BCUT2D eigenvalue weighted by Gasteiger charge is 2.26. The van der Waals surface area contributed by atoms with Gasteiger partial charge in [-0.15, -0.1) is 11.3 Å². The fourth-order valence-electron chi connectivity index (χ4n) is 3.78. The number of amides is 1. The molecule has 0 saturated heterocycles. The Kier molecular flexibility index (Phi) is 7.29. The van der Waals surface area contributed by atoms with E-state index in [0.29, 0.717) is 30.2 Å². The maximum absolute atomic E-state index is 13.1. The van der Waals surface area contributed by atoms with Crippen molar-refractivity contribution in [3.63, 3.8) is 0 Å². The van der Waals surface area contributed by atoms with Crippen LogP contribution in [0.4, 0.5) is 5.82 Å². The maximum atomic E-state index is 13.1. The maximum Gasteiger partial charge on any atom is 0.257 e. The summed E-state index contributed by atoms with van der Waals surface area (Å²) in [4.78, 5) is 22.5. The summed E-state index contributed by atoms with van der Waals surface area (Å²) in [7, 11) is 3.90. The minimum absolute atomic E-state index is 0.0290. The number of fused-ring (bicyclic) bond motifs is 1. The van der Waals surface area contributed by atoms with Crippen molar-refractivity contribution in [1.82, 2.24) is 15.2 Å². The number of hydrogen-bond acceptors (Lipinski definition) is 6.